The van der Waals surface area contributed by atoms with Gasteiger partial charge in [-0.1, -0.05) is 17.7 Å². The van der Waals surface area contributed by atoms with Crippen molar-refractivity contribution in [3.63, 3.8) is 0 Å². The van der Waals surface area contributed by atoms with Crippen LogP contribution in [0.4, 0.5) is 11.6 Å². The molecule has 1 unspecified atom stereocenters. The number of aryl methyl sites for hydroxylation is 1. The third-order valence-corrected chi connectivity index (χ3v) is 5.46. The number of hydrogen-bond donors (Lipinski definition) is 3. The molecule has 4 rings (SSSR count). The Morgan fingerprint density at radius 1 is 1.29 bits per heavy atom. The Hall–Kier alpha value is -3.53. The molecule has 0 saturated carbocycles. The van der Waals surface area contributed by atoms with Crippen LogP contribution < -0.4 is 21.9 Å². The number of carbonyl (C=O) groups excluding carboxylic acids is 1. The highest BCUT2D eigenvalue weighted by molar-refractivity contribution is 6.30. The molecule has 1 aliphatic rings. The molecule has 0 spiro atoms. The lowest BCUT2D eigenvalue weighted by Crippen LogP contribution is -2.36. The van der Waals surface area contributed by atoms with Gasteiger partial charge >= 0.3 is 0 Å². The first-order valence-corrected chi connectivity index (χ1v) is 10.1. The number of halogens is 1. The summed E-state index contributed by atoms with van der Waals surface area (Å²) in [4.78, 5) is 42.5. The average Bonchev–Trinajstić information content (AvgIpc) is 3.21. The van der Waals surface area contributed by atoms with Gasteiger partial charge in [0.15, 0.2) is 11.0 Å². The molecule has 31 heavy (non-hydrogen) atoms. The lowest BCUT2D eigenvalue weighted by atomic mass is 10.1. The van der Waals surface area contributed by atoms with Crippen molar-refractivity contribution in [1.82, 2.24) is 29.8 Å². The second-order valence-corrected chi connectivity index (χ2v) is 7.53. The summed E-state index contributed by atoms with van der Waals surface area (Å²) in [5.74, 6) is 0.226. The molecule has 0 saturated heterocycles. The molecule has 1 aliphatic heterocycles. The fourth-order valence-electron chi connectivity index (χ4n) is 3.56. The molecule has 3 aromatic rings. The minimum absolute atomic E-state index is 0.0673. The number of anilines is 2. The second kappa shape index (κ2) is 8.68. The van der Waals surface area contributed by atoms with Crippen molar-refractivity contribution >= 4 is 29.1 Å². The van der Waals surface area contributed by atoms with Gasteiger partial charge < -0.3 is 16.4 Å². The SMILES string of the molecule is Cc1nc(N)ccc1CNC(=O)C1CCc2c(Cl)nc(NCc3cnccn3)c(=O)n21. The van der Waals surface area contributed by atoms with Gasteiger partial charge in [0.25, 0.3) is 5.56 Å². The maximum atomic E-state index is 13.1. The number of aromatic nitrogens is 5. The third kappa shape index (κ3) is 4.33. The summed E-state index contributed by atoms with van der Waals surface area (Å²) in [6.45, 7) is 2.37. The normalized spacial score (nSPS) is 14.8. The van der Waals surface area contributed by atoms with Gasteiger partial charge in [0.1, 0.15) is 11.9 Å². The molecule has 1 amide bonds. The summed E-state index contributed by atoms with van der Waals surface area (Å²) in [5, 5.41) is 6.03. The molecule has 4 N–H and O–H groups in total. The zero-order chi connectivity index (χ0) is 22.0. The smallest absolute Gasteiger partial charge is 0.294 e. The van der Waals surface area contributed by atoms with Crippen LogP contribution in [0, 0.1) is 6.92 Å². The minimum atomic E-state index is -0.665. The number of nitrogens with one attached hydrogen (secondary N) is 2. The first-order chi connectivity index (χ1) is 14.9. The number of carbonyl (C=O) groups is 1. The van der Waals surface area contributed by atoms with E-state index in [1.165, 1.54) is 4.57 Å². The van der Waals surface area contributed by atoms with Crippen LogP contribution in [0.15, 0.2) is 35.5 Å². The van der Waals surface area contributed by atoms with Gasteiger partial charge in [-0.2, -0.15) is 0 Å². The van der Waals surface area contributed by atoms with Crippen LogP contribution in [0.2, 0.25) is 5.15 Å². The zero-order valence-corrected chi connectivity index (χ0v) is 17.6. The first kappa shape index (κ1) is 20.7. The van der Waals surface area contributed by atoms with Gasteiger partial charge in [0, 0.05) is 24.6 Å². The highest BCUT2D eigenvalue weighted by Gasteiger charge is 2.32. The van der Waals surface area contributed by atoms with E-state index in [1.54, 1.807) is 24.7 Å². The Bertz CT molecular complexity index is 1180. The van der Waals surface area contributed by atoms with Gasteiger partial charge in [-0.25, -0.2) is 9.97 Å². The van der Waals surface area contributed by atoms with Crippen LogP contribution in [-0.4, -0.2) is 30.4 Å². The van der Waals surface area contributed by atoms with E-state index in [2.05, 4.69) is 30.6 Å². The predicted octanol–water partition coefficient (Wildman–Crippen LogP) is 1.39. The van der Waals surface area contributed by atoms with Crippen LogP contribution in [0.25, 0.3) is 0 Å². The third-order valence-electron chi connectivity index (χ3n) is 5.15. The van der Waals surface area contributed by atoms with Crippen LogP contribution in [0.5, 0.6) is 0 Å². The fourth-order valence-corrected chi connectivity index (χ4v) is 3.83. The summed E-state index contributed by atoms with van der Waals surface area (Å²) < 4.78 is 1.43. The van der Waals surface area contributed by atoms with Crippen molar-refractivity contribution in [1.29, 1.82) is 0 Å². The molecule has 3 aromatic heterocycles. The number of amides is 1. The maximum absolute atomic E-state index is 13.1. The Morgan fingerprint density at radius 3 is 2.87 bits per heavy atom. The summed E-state index contributed by atoms with van der Waals surface area (Å²) in [7, 11) is 0. The molecule has 1 atom stereocenters. The number of fused-ring (bicyclic) bond motifs is 1. The van der Waals surface area contributed by atoms with Crippen molar-refractivity contribution in [3.05, 3.63) is 68.9 Å². The van der Waals surface area contributed by atoms with E-state index in [0.29, 0.717) is 30.0 Å². The highest BCUT2D eigenvalue weighted by atomic mass is 35.5. The molecule has 0 aromatic carbocycles. The highest BCUT2D eigenvalue weighted by Crippen LogP contribution is 2.29. The Balaban J connectivity index is 1.53. The summed E-state index contributed by atoms with van der Waals surface area (Å²) in [6.07, 6.45) is 5.67. The van der Waals surface area contributed by atoms with E-state index in [-0.39, 0.29) is 30.0 Å². The second-order valence-electron chi connectivity index (χ2n) is 7.18. The number of pyridine rings is 1. The zero-order valence-electron chi connectivity index (χ0n) is 16.8. The summed E-state index contributed by atoms with van der Waals surface area (Å²) in [6, 6.07) is 2.84. The van der Waals surface area contributed by atoms with Crippen LogP contribution >= 0.6 is 11.6 Å². The molecule has 10 nitrogen and oxygen atoms in total. The standard InChI is InChI=1S/C20H21ClN8O2/c1-11-12(2-5-16(22)27-11)8-26-19(30)15-4-3-14-17(21)28-18(20(31)29(14)15)25-10-13-9-23-6-7-24-13/h2,5-7,9,15H,3-4,8,10H2,1H3,(H2,22,27)(H,25,28)(H,26,30). The summed E-state index contributed by atoms with van der Waals surface area (Å²) >= 11 is 6.32. The Kier molecular flexibility index (Phi) is 5.81. The molecule has 160 valence electrons. The maximum Gasteiger partial charge on any atom is 0.294 e. The average molecular weight is 441 g/mol. The topological polar surface area (TPSA) is 141 Å². The predicted molar refractivity (Wildman–Crippen MR) is 115 cm³/mol. The van der Waals surface area contributed by atoms with Gasteiger partial charge in [-0.05, 0) is 31.4 Å². The number of nitrogens with zero attached hydrogens (tertiary/aromatic N) is 5. The van der Waals surface area contributed by atoms with Gasteiger partial charge in [0.05, 0.1) is 24.1 Å². The van der Waals surface area contributed by atoms with E-state index in [9.17, 15) is 9.59 Å². The summed E-state index contributed by atoms with van der Waals surface area (Å²) in [5.41, 5.74) is 8.08. The van der Waals surface area contributed by atoms with Crippen molar-refractivity contribution in [2.24, 2.45) is 0 Å². The van der Waals surface area contributed by atoms with Crippen molar-refractivity contribution in [2.75, 3.05) is 11.1 Å². The Labute approximate surface area is 182 Å². The monoisotopic (exact) mass is 440 g/mol. The van der Waals surface area contributed by atoms with E-state index in [0.717, 1.165) is 11.3 Å². The molecule has 4 heterocycles. The van der Waals surface area contributed by atoms with Gasteiger partial charge in [-0.3, -0.25) is 24.1 Å². The molecule has 0 bridgehead atoms. The lowest BCUT2D eigenvalue weighted by Gasteiger charge is -2.17. The molecule has 0 radical (unpaired) electrons. The van der Waals surface area contributed by atoms with E-state index in [4.69, 9.17) is 17.3 Å². The first-order valence-electron chi connectivity index (χ1n) is 9.73. The largest absolute Gasteiger partial charge is 0.384 e. The molecule has 0 aliphatic carbocycles. The molecule has 11 heteroatoms. The molecular formula is C20H21ClN8O2. The Morgan fingerprint density at radius 2 is 2.13 bits per heavy atom. The lowest BCUT2D eigenvalue weighted by molar-refractivity contribution is -0.124. The minimum Gasteiger partial charge on any atom is -0.384 e. The number of nitrogen functional groups attached to an aromatic ring is 1. The van der Waals surface area contributed by atoms with E-state index < -0.39 is 11.6 Å². The van der Waals surface area contributed by atoms with E-state index >= 15 is 0 Å². The van der Waals surface area contributed by atoms with Crippen molar-refractivity contribution < 1.29 is 4.79 Å². The number of rotatable bonds is 6. The van der Waals surface area contributed by atoms with E-state index in [1.807, 2.05) is 13.0 Å². The quantitative estimate of drug-likeness (QED) is 0.522. The van der Waals surface area contributed by atoms with Gasteiger partial charge in [0.2, 0.25) is 5.91 Å². The van der Waals surface area contributed by atoms with Crippen LogP contribution in [0.3, 0.4) is 0 Å². The van der Waals surface area contributed by atoms with Crippen molar-refractivity contribution in [3.8, 4) is 0 Å². The molecular weight excluding hydrogens is 420 g/mol. The molecule has 0 fully saturated rings. The van der Waals surface area contributed by atoms with Crippen molar-refractivity contribution in [2.45, 2.75) is 38.9 Å². The fraction of sp³-hybridized carbons (Fsp3) is 0.300. The van der Waals surface area contributed by atoms with Crippen LogP contribution in [0.1, 0.15) is 35.1 Å². The van der Waals surface area contributed by atoms with Crippen LogP contribution in [-0.2, 0) is 24.3 Å². The number of hydrogen-bond acceptors (Lipinski definition) is 8. The number of nitrogens with two attached hydrogens (primary N) is 1. The van der Waals surface area contributed by atoms with Gasteiger partial charge in [-0.15, -0.1) is 0 Å².